The van der Waals surface area contributed by atoms with Crippen LogP contribution < -0.4 is 5.32 Å². The normalized spacial score (nSPS) is 11.8. The van der Waals surface area contributed by atoms with Crippen LogP contribution in [0.25, 0.3) is 0 Å². The van der Waals surface area contributed by atoms with Crippen LogP contribution in [-0.2, 0) is 4.79 Å². The van der Waals surface area contributed by atoms with Gasteiger partial charge in [-0.2, -0.15) is 0 Å². The maximum absolute atomic E-state index is 12.3. The Kier molecular flexibility index (Phi) is 3.14. The predicted octanol–water partition coefficient (Wildman–Crippen LogP) is 0.822. The zero-order chi connectivity index (χ0) is 9.68. The molecule has 0 saturated heterocycles. The number of rotatable bonds is 3. The van der Waals surface area contributed by atoms with Gasteiger partial charge in [0, 0.05) is 5.56 Å². The Morgan fingerprint density at radius 3 is 2.54 bits per heavy atom. The van der Waals surface area contributed by atoms with Crippen molar-refractivity contribution in [2.45, 2.75) is 6.30 Å². The molecule has 0 heterocycles. The number of hydrogen-bond acceptors (Lipinski definition) is 2. The number of benzene rings is 1. The third-order valence-electron chi connectivity index (χ3n) is 1.40. The molecule has 0 fully saturated rings. The van der Waals surface area contributed by atoms with E-state index in [9.17, 15) is 14.0 Å². The van der Waals surface area contributed by atoms with Crippen LogP contribution >= 0.6 is 0 Å². The lowest BCUT2D eigenvalue weighted by molar-refractivity contribution is 0.0920. The van der Waals surface area contributed by atoms with Crippen molar-refractivity contribution in [1.82, 2.24) is 5.32 Å². The van der Waals surface area contributed by atoms with Gasteiger partial charge >= 0.3 is 0 Å². The second-order valence-electron chi connectivity index (χ2n) is 2.32. The predicted molar refractivity (Wildman–Crippen MR) is 44.5 cm³/mol. The molecule has 1 aromatic rings. The molecule has 1 atom stereocenters. The third-order valence-corrected chi connectivity index (χ3v) is 1.40. The lowest BCUT2D eigenvalue weighted by Gasteiger charge is -2.03. The van der Waals surface area contributed by atoms with E-state index in [4.69, 9.17) is 0 Å². The van der Waals surface area contributed by atoms with E-state index >= 15 is 0 Å². The number of hydrogen-bond donors (Lipinski definition) is 1. The topological polar surface area (TPSA) is 46.2 Å². The van der Waals surface area contributed by atoms with Crippen molar-refractivity contribution >= 4 is 12.2 Å². The Balaban J connectivity index is 2.64. The molecule has 0 saturated carbocycles. The van der Waals surface area contributed by atoms with Gasteiger partial charge in [-0.3, -0.25) is 9.59 Å². The molecule has 1 rings (SSSR count). The van der Waals surface area contributed by atoms with Gasteiger partial charge in [-0.05, 0) is 12.1 Å². The van der Waals surface area contributed by atoms with Crippen LogP contribution in [0, 0.1) is 0 Å². The van der Waals surface area contributed by atoms with Crippen LogP contribution in [0.5, 0.6) is 0 Å². The van der Waals surface area contributed by atoms with E-state index in [1.165, 1.54) is 12.1 Å². The van der Waals surface area contributed by atoms with Gasteiger partial charge < -0.3 is 5.32 Å². The van der Waals surface area contributed by atoms with Crippen LogP contribution in [0.4, 0.5) is 4.39 Å². The molecule has 1 N–H and O–H groups in total. The quantitative estimate of drug-likeness (QED) is 0.700. The molecular formula is C9H7FNO2. The average molecular weight is 180 g/mol. The van der Waals surface area contributed by atoms with Crippen molar-refractivity contribution in [3.63, 3.8) is 0 Å². The number of carbonyl (C=O) groups excluding carboxylic acids is 2. The average Bonchev–Trinajstić information content (AvgIpc) is 2.19. The molecule has 0 bridgehead atoms. The van der Waals surface area contributed by atoms with E-state index < -0.39 is 12.2 Å². The standard InChI is InChI=1S/C9H7FNO2/c10-8(6-12)11-9(13)7-4-2-1-3-5-7/h1-5,8H,(H,11,13). The van der Waals surface area contributed by atoms with Gasteiger partial charge in [0.25, 0.3) is 12.2 Å². The summed E-state index contributed by atoms with van der Waals surface area (Å²) in [5, 5.41) is 1.82. The minimum atomic E-state index is -2.06. The number of amides is 1. The highest BCUT2D eigenvalue weighted by atomic mass is 19.1. The van der Waals surface area contributed by atoms with Crippen molar-refractivity contribution < 1.29 is 14.0 Å². The summed E-state index contributed by atoms with van der Waals surface area (Å²) in [7, 11) is 0. The molecular weight excluding hydrogens is 173 g/mol. The molecule has 67 valence electrons. The van der Waals surface area contributed by atoms with E-state index in [0.29, 0.717) is 5.56 Å². The molecule has 0 aliphatic rings. The van der Waals surface area contributed by atoms with Gasteiger partial charge in [-0.1, -0.05) is 18.2 Å². The molecule has 1 radical (unpaired) electrons. The van der Waals surface area contributed by atoms with Gasteiger partial charge in [-0.15, -0.1) is 0 Å². The number of nitrogens with one attached hydrogen (secondary N) is 1. The van der Waals surface area contributed by atoms with E-state index in [0.717, 1.165) is 6.29 Å². The molecule has 3 nitrogen and oxygen atoms in total. The number of halogens is 1. The van der Waals surface area contributed by atoms with Crippen molar-refractivity contribution in [2.24, 2.45) is 0 Å². The van der Waals surface area contributed by atoms with E-state index in [-0.39, 0.29) is 0 Å². The van der Waals surface area contributed by atoms with Crippen LogP contribution in [0.2, 0.25) is 0 Å². The van der Waals surface area contributed by atoms with Crippen LogP contribution in [-0.4, -0.2) is 18.5 Å². The highest BCUT2D eigenvalue weighted by Crippen LogP contribution is 1.98. The Hall–Kier alpha value is -1.71. The lowest BCUT2D eigenvalue weighted by atomic mass is 10.2. The Morgan fingerprint density at radius 1 is 1.38 bits per heavy atom. The first-order chi connectivity index (χ1) is 6.24. The summed E-state index contributed by atoms with van der Waals surface area (Å²) in [4.78, 5) is 20.8. The smallest absolute Gasteiger partial charge is 0.257 e. The second kappa shape index (κ2) is 4.35. The molecule has 1 aromatic carbocycles. The summed E-state index contributed by atoms with van der Waals surface area (Å²) in [6.45, 7) is 0. The molecule has 1 unspecified atom stereocenters. The molecule has 0 aliphatic carbocycles. The van der Waals surface area contributed by atoms with Gasteiger partial charge in [0.15, 0.2) is 0 Å². The molecule has 0 aromatic heterocycles. The van der Waals surface area contributed by atoms with Gasteiger partial charge in [-0.25, -0.2) is 4.39 Å². The van der Waals surface area contributed by atoms with E-state index in [1.54, 1.807) is 18.2 Å². The van der Waals surface area contributed by atoms with Crippen LogP contribution in [0.1, 0.15) is 10.4 Å². The first-order valence-corrected chi connectivity index (χ1v) is 3.61. The fourth-order valence-corrected chi connectivity index (χ4v) is 0.817. The van der Waals surface area contributed by atoms with E-state index in [1.807, 2.05) is 5.32 Å². The second-order valence-corrected chi connectivity index (χ2v) is 2.32. The molecule has 13 heavy (non-hydrogen) atoms. The minimum absolute atomic E-state index is 0.306. The summed E-state index contributed by atoms with van der Waals surface area (Å²) in [5.41, 5.74) is 0.306. The fourth-order valence-electron chi connectivity index (χ4n) is 0.817. The molecule has 0 spiro atoms. The Morgan fingerprint density at radius 2 is 2.00 bits per heavy atom. The highest BCUT2D eigenvalue weighted by molar-refractivity contribution is 5.95. The Labute approximate surface area is 74.6 Å². The van der Waals surface area contributed by atoms with Crippen molar-refractivity contribution in [3.8, 4) is 0 Å². The SMILES string of the molecule is O=[C]C(F)NC(=O)c1ccccc1. The van der Waals surface area contributed by atoms with Crippen LogP contribution in [0.3, 0.4) is 0 Å². The number of alkyl halides is 1. The minimum Gasteiger partial charge on any atom is -0.316 e. The van der Waals surface area contributed by atoms with Gasteiger partial charge in [0.1, 0.15) is 0 Å². The molecule has 4 heteroatoms. The molecule has 0 aliphatic heterocycles. The van der Waals surface area contributed by atoms with Crippen molar-refractivity contribution in [3.05, 3.63) is 35.9 Å². The monoisotopic (exact) mass is 180 g/mol. The maximum Gasteiger partial charge on any atom is 0.257 e. The Bertz CT molecular complexity index is 300. The highest BCUT2D eigenvalue weighted by Gasteiger charge is 2.10. The summed E-state index contributed by atoms with van der Waals surface area (Å²) in [6, 6.07) is 8.06. The first kappa shape index (κ1) is 9.38. The lowest BCUT2D eigenvalue weighted by Crippen LogP contribution is -2.32. The number of carbonyl (C=O) groups is 1. The largest absolute Gasteiger partial charge is 0.316 e. The van der Waals surface area contributed by atoms with E-state index in [2.05, 4.69) is 0 Å². The summed E-state index contributed by atoms with van der Waals surface area (Å²) < 4.78 is 12.3. The summed E-state index contributed by atoms with van der Waals surface area (Å²) in [6.07, 6.45) is -1.05. The first-order valence-electron chi connectivity index (χ1n) is 3.61. The zero-order valence-electron chi connectivity index (χ0n) is 6.66. The van der Waals surface area contributed by atoms with Gasteiger partial charge in [0.05, 0.1) is 0 Å². The van der Waals surface area contributed by atoms with Crippen LogP contribution in [0.15, 0.2) is 30.3 Å². The molecule has 1 amide bonds. The maximum atomic E-state index is 12.3. The summed E-state index contributed by atoms with van der Waals surface area (Å²) in [5.74, 6) is -0.628. The van der Waals surface area contributed by atoms with Crippen molar-refractivity contribution in [1.29, 1.82) is 0 Å². The third kappa shape index (κ3) is 2.66. The summed E-state index contributed by atoms with van der Waals surface area (Å²) >= 11 is 0. The fraction of sp³-hybridized carbons (Fsp3) is 0.111. The van der Waals surface area contributed by atoms with Gasteiger partial charge in [0.2, 0.25) is 6.30 Å². The van der Waals surface area contributed by atoms with Crippen molar-refractivity contribution in [2.75, 3.05) is 0 Å². The zero-order valence-corrected chi connectivity index (χ0v) is 6.66.